The van der Waals surface area contributed by atoms with E-state index >= 15 is 0 Å². The molecule has 0 aromatic carbocycles. The van der Waals surface area contributed by atoms with Crippen LogP contribution in [-0.2, 0) is 24.3 Å². The molecular weight excluding hydrogens is 433 g/mol. The molecule has 4 heterocycles. The second kappa shape index (κ2) is 9.69. The molecule has 1 aliphatic heterocycles. The van der Waals surface area contributed by atoms with Gasteiger partial charge in [-0.25, -0.2) is 9.97 Å². The van der Waals surface area contributed by atoms with Gasteiger partial charge < -0.3 is 14.6 Å². The van der Waals surface area contributed by atoms with Crippen LogP contribution in [0, 0.1) is 12.9 Å². The summed E-state index contributed by atoms with van der Waals surface area (Å²) < 4.78 is 18.6. The lowest BCUT2D eigenvalue weighted by Crippen LogP contribution is -2.30. The highest BCUT2D eigenvalue weighted by Crippen LogP contribution is 2.30. The minimum Gasteiger partial charge on any atom is -0.378 e. The van der Waals surface area contributed by atoms with Crippen molar-refractivity contribution in [3.05, 3.63) is 93.1 Å². The lowest BCUT2D eigenvalue weighted by atomic mass is 9.97. The number of halogens is 1. The number of aromatic nitrogens is 4. The number of fused-ring (bicyclic) bond motifs is 1. The number of allylic oxidation sites excluding steroid dienone is 2. The summed E-state index contributed by atoms with van der Waals surface area (Å²) in [5.41, 5.74) is 7.79. The van der Waals surface area contributed by atoms with Gasteiger partial charge in [-0.15, -0.1) is 0 Å². The molecule has 0 aliphatic carbocycles. The molecule has 7 nitrogen and oxygen atoms in total. The number of nitrogens with one attached hydrogen (secondary N) is 1. The van der Waals surface area contributed by atoms with Crippen LogP contribution in [0.3, 0.4) is 0 Å². The predicted molar refractivity (Wildman–Crippen MR) is 129 cm³/mol. The van der Waals surface area contributed by atoms with Crippen LogP contribution in [-0.4, -0.2) is 38.5 Å². The predicted octanol–water partition coefficient (Wildman–Crippen LogP) is 4.19. The summed E-state index contributed by atoms with van der Waals surface area (Å²) in [6, 6.07) is 4.97. The van der Waals surface area contributed by atoms with E-state index in [4.69, 9.17) is 4.74 Å². The molecule has 0 unspecified atom stereocenters. The van der Waals surface area contributed by atoms with Crippen LogP contribution in [0.2, 0.25) is 0 Å². The van der Waals surface area contributed by atoms with E-state index < -0.39 is 5.95 Å². The van der Waals surface area contributed by atoms with Gasteiger partial charge in [0.25, 0.3) is 5.56 Å². The van der Waals surface area contributed by atoms with Crippen LogP contribution >= 0.6 is 0 Å². The van der Waals surface area contributed by atoms with Crippen molar-refractivity contribution in [2.24, 2.45) is 0 Å². The van der Waals surface area contributed by atoms with E-state index in [1.165, 1.54) is 12.1 Å². The van der Waals surface area contributed by atoms with Crippen LogP contribution in [0.4, 0.5) is 4.39 Å². The normalized spacial score (nSPS) is 14.0. The number of methoxy groups -OCH3 is 1. The molecule has 0 saturated heterocycles. The Kier molecular flexibility index (Phi) is 6.70. The maximum absolute atomic E-state index is 13.4. The minimum absolute atomic E-state index is 0.217. The van der Waals surface area contributed by atoms with Crippen molar-refractivity contribution in [3.63, 3.8) is 0 Å². The zero-order chi connectivity index (χ0) is 24.4. The topological polar surface area (TPSA) is 84.0 Å². The number of aromatic amines is 1. The van der Waals surface area contributed by atoms with Crippen molar-refractivity contribution in [1.82, 2.24) is 24.8 Å². The Hall–Kier alpha value is -3.65. The van der Waals surface area contributed by atoms with Gasteiger partial charge in [0.05, 0.1) is 12.3 Å². The molecule has 34 heavy (non-hydrogen) atoms. The smallest absolute Gasteiger partial charge is 0.251 e. The van der Waals surface area contributed by atoms with E-state index in [0.29, 0.717) is 18.1 Å². The molecule has 1 aliphatic rings. The summed E-state index contributed by atoms with van der Waals surface area (Å²) in [5, 5.41) is 0. The Labute approximate surface area is 198 Å². The van der Waals surface area contributed by atoms with Crippen LogP contribution in [0.25, 0.3) is 16.7 Å². The third-order valence-corrected chi connectivity index (χ3v) is 6.25. The van der Waals surface area contributed by atoms with Crippen LogP contribution in [0.5, 0.6) is 0 Å². The number of hydrogen-bond donors (Lipinski definition) is 1. The minimum atomic E-state index is -0.490. The third-order valence-electron chi connectivity index (χ3n) is 6.25. The fourth-order valence-corrected chi connectivity index (χ4v) is 4.17. The van der Waals surface area contributed by atoms with Crippen molar-refractivity contribution in [2.75, 3.05) is 13.7 Å². The average Bonchev–Trinajstić information content (AvgIpc) is 2.82. The molecule has 3 aromatic heterocycles. The maximum atomic E-state index is 13.4. The largest absolute Gasteiger partial charge is 0.378 e. The summed E-state index contributed by atoms with van der Waals surface area (Å²) >= 11 is 0. The van der Waals surface area contributed by atoms with Crippen LogP contribution in [0.1, 0.15) is 42.2 Å². The van der Waals surface area contributed by atoms with Crippen molar-refractivity contribution < 1.29 is 9.13 Å². The molecule has 8 heteroatoms. The van der Waals surface area contributed by atoms with Gasteiger partial charge in [-0.2, -0.15) is 4.39 Å². The van der Waals surface area contributed by atoms with Crippen molar-refractivity contribution >= 4 is 5.57 Å². The van der Waals surface area contributed by atoms with Gasteiger partial charge >= 0.3 is 0 Å². The number of rotatable bonds is 6. The second-order valence-corrected chi connectivity index (χ2v) is 8.54. The summed E-state index contributed by atoms with van der Waals surface area (Å²) in [7, 11) is 1.57. The summed E-state index contributed by atoms with van der Waals surface area (Å²) in [6.07, 6.45) is 4.17. The van der Waals surface area contributed by atoms with Gasteiger partial charge in [0.2, 0.25) is 5.95 Å². The molecule has 176 valence electrons. The summed E-state index contributed by atoms with van der Waals surface area (Å²) in [6.45, 7) is 11.8. The first-order valence-electron chi connectivity index (χ1n) is 11.1. The fourth-order valence-electron chi connectivity index (χ4n) is 4.17. The Bertz CT molecular complexity index is 1350. The van der Waals surface area contributed by atoms with E-state index in [-0.39, 0.29) is 12.2 Å². The van der Waals surface area contributed by atoms with E-state index in [9.17, 15) is 9.18 Å². The molecule has 0 fully saturated rings. The lowest BCUT2D eigenvalue weighted by Gasteiger charge is -2.32. The zero-order valence-corrected chi connectivity index (χ0v) is 19.9. The van der Waals surface area contributed by atoms with Gasteiger partial charge in [0, 0.05) is 67.6 Å². The maximum Gasteiger partial charge on any atom is 0.251 e. The molecule has 0 amide bonds. The lowest BCUT2D eigenvalue weighted by molar-refractivity contribution is 0.181. The van der Waals surface area contributed by atoms with Gasteiger partial charge in [-0.05, 0) is 55.2 Å². The number of H-pyrrole nitrogens is 1. The highest BCUT2D eigenvalue weighted by Gasteiger charge is 2.21. The Morgan fingerprint density at radius 1 is 1.24 bits per heavy atom. The number of nitrogens with zero attached hydrogens (tertiary/aromatic N) is 4. The van der Waals surface area contributed by atoms with E-state index in [0.717, 1.165) is 57.8 Å². The number of pyridine rings is 2. The van der Waals surface area contributed by atoms with E-state index in [1.54, 1.807) is 13.3 Å². The first kappa shape index (κ1) is 23.5. The SMILES string of the molecule is C=C(/C(C)=C(/C)c1nc(COC)cc(=O)[nH]1)N1CCc2ncc(-c3cnc(F)cc3C)cc2C1. The van der Waals surface area contributed by atoms with Gasteiger partial charge in [0.15, 0.2) is 0 Å². The standard InChI is InChI=1S/C26H28FN5O2/c1-15-8-24(27)29-12-22(15)19-9-20-13-32(7-6-23(20)28-11-19)18(4)16(2)17(3)26-30-21(14-34-5)10-25(33)31-26/h8-12H,4,6-7,13-14H2,1-3,5H3,(H,30,31,33)/b17-16-. The Morgan fingerprint density at radius 2 is 2.03 bits per heavy atom. The molecule has 4 rings (SSSR count). The highest BCUT2D eigenvalue weighted by molar-refractivity contribution is 5.67. The van der Waals surface area contributed by atoms with Gasteiger partial charge in [0.1, 0.15) is 5.82 Å². The Morgan fingerprint density at radius 3 is 2.76 bits per heavy atom. The van der Waals surface area contributed by atoms with Gasteiger partial charge in [-0.3, -0.25) is 9.78 Å². The highest BCUT2D eigenvalue weighted by atomic mass is 19.1. The zero-order valence-electron chi connectivity index (χ0n) is 19.9. The molecule has 1 N–H and O–H groups in total. The Balaban J connectivity index is 1.60. The van der Waals surface area contributed by atoms with Crippen molar-refractivity contribution in [2.45, 2.75) is 40.3 Å². The van der Waals surface area contributed by atoms with Gasteiger partial charge in [-0.1, -0.05) is 6.58 Å². The third kappa shape index (κ3) is 4.82. The summed E-state index contributed by atoms with van der Waals surface area (Å²) in [4.78, 5) is 30.1. The molecule has 0 saturated carbocycles. The van der Waals surface area contributed by atoms with E-state index in [1.807, 2.05) is 27.0 Å². The van der Waals surface area contributed by atoms with Crippen molar-refractivity contribution in [3.8, 4) is 11.1 Å². The first-order chi connectivity index (χ1) is 16.3. The number of hydrogen-bond acceptors (Lipinski definition) is 6. The molecule has 0 spiro atoms. The monoisotopic (exact) mass is 461 g/mol. The van der Waals surface area contributed by atoms with Crippen LogP contribution < -0.4 is 5.56 Å². The quantitative estimate of drug-likeness (QED) is 0.438. The fraction of sp³-hybridized carbons (Fsp3) is 0.308. The molecule has 0 radical (unpaired) electrons. The average molecular weight is 462 g/mol. The molecular formula is C26H28FN5O2. The first-order valence-corrected chi connectivity index (χ1v) is 11.1. The number of aryl methyl sites for hydroxylation is 1. The summed E-state index contributed by atoms with van der Waals surface area (Å²) in [5.74, 6) is 0.0229. The molecule has 0 atom stereocenters. The molecule has 0 bridgehead atoms. The van der Waals surface area contributed by atoms with E-state index in [2.05, 4.69) is 37.5 Å². The van der Waals surface area contributed by atoms with Crippen molar-refractivity contribution in [1.29, 1.82) is 0 Å². The second-order valence-electron chi connectivity index (χ2n) is 8.54. The van der Waals surface area contributed by atoms with Crippen LogP contribution in [0.15, 0.2) is 53.2 Å². The molecule has 3 aromatic rings. The number of ether oxygens (including phenoxy) is 1.